The second-order valence-corrected chi connectivity index (χ2v) is 6.40. The van der Waals surface area contributed by atoms with Crippen LogP contribution in [0.25, 0.3) is 0 Å². The predicted molar refractivity (Wildman–Crippen MR) is 66.9 cm³/mol. The number of methoxy groups -OCH3 is 1. The van der Waals surface area contributed by atoms with E-state index in [4.69, 9.17) is 4.74 Å². The van der Waals surface area contributed by atoms with E-state index in [-0.39, 0.29) is 29.9 Å². The topological polar surface area (TPSA) is 63.6 Å². The summed E-state index contributed by atoms with van der Waals surface area (Å²) in [4.78, 5) is 0. The van der Waals surface area contributed by atoms with Crippen LogP contribution in [-0.2, 0) is 9.84 Å². The van der Waals surface area contributed by atoms with Crippen LogP contribution < -0.4 is 4.74 Å². The molecule has 1 N–H and O–H groups in total. The van der Waals surface area contributed by atoms with Crippen molar-refractivity contribution in [2.75, 3.05) is 19.1 Å². The fraction of sp³-hybridized carbons (Fsp3) is 0.500. The van der Waals surface area contributed by atoms with E-state index in [0.717, 1.165) is 6.26 Å². The minimum atomic E-state index is -3.06. The molecule has 0 aliphatic heterocycles. The standard InChI is InChI=1S/C12H17FO4S/c1-17-11-7-3-5-9(13)12(11)10(14)6-4-8-18(2,15)16/h3,5,7,10,14H,4,6,8H2,1-2H3. The van der Waals surface area contributed by atoms with E-state index in [1.807, 2.05) is 0 Å². The zero-order chi connectivity index (χ0) is 13.8. The van der Waals surface area contributed by atoms with Crippen molar-refractivity contribution in [2.45, 2.75) is 18.9 Å². The summed E-state index contributed by atoms with van der Waals surface area (Å²) in [6, 6.07) is 4.27. The molecule has 0 amide bonds. The summed E-state index contributed by atoms with van der Waals surface area (Å²) in [5.41, 5.74) is 0.0773. The molecule has 102 valence electrons. The van der Waals surface area contributed by atoms with E-state index >= 15 is 0 Å². The van der Waals surface area contributed by atoms with Crippen LogP contribution in [0, 0.1) is 5.82 Å². The van der Waals surface area contributed by atoms with Gasteiger partial charge in [-0.05, 0) is 25.0 Å². The van der Waals surface area contributed by atoms with Crippen LogP contribution in [0.5, 0.6) is 5.75 Å². The Hall–Kier alpha value is -1.14. The van der Waals surface area contributed by atoms with Crippen molar-refractivity contribution in [3.63, 3.8) is 0 Å². The summed E-state index contributed by atoms with van der Waals surface area (Å²) in [5, 5.41) is 9.90. The van der Waals surface area contributed by atoms with Crippen LogP contribution >= 0.6 is 0 Å². The molecular weight excluding hydrogens is 259 g/mol. The van der Waals surface area contributed by atoms with Crippen LogP contribution in [-0.4, -0.2) is 32.6 Å². The molecular formula is C12H17FO4S. The lowest BCUT2D eigenvalue weighted by Gasteiger charge is -2.15. The van der Waals surface area contributed by atoms with E-state index in [0.29, 0.717) is 0 Å². The minimum absolute atomic E-state index is 0.0270. The van der Waals surface area contributed by atoms with Crippen molar-refractivity contribution in [3.05, 3.63) is 29.6 Å². The van der Waals surface area contributed by atoms with Crippen LogP contribution in [0.4, 0.5) is 4.39 Å². The highest BCUT2D eigenvalue weighted by Crippen LogP contribution is 2.30. The highest BCUT2D eigenvalue weighted by Gasteiger charge is 2.18. The molecule has 0 heterocycles. The smallest absolute Gasteiger partial charge is 0.147 e. The van der Waals surface area contributed by atoms with Gasteiger partial charge in [-0.15, -0.1) is 0 Å². The molecule has 1 aromatic rings. The molecule has 0 saturated carbocycles. The van der Waals surface area contributed by atoms with Gasteiger partial charge in [-0.2, -0.15) is 0 Å². The summed E-state index contributed by atoms with van der Waals surface area (Å²) < 4.78 is 40.5. The van der Waals surface area contributed by atoms with Gasteiger partial charge in [0.2, 0.25) is 0 Å². The lowest BCUT2D eigenvalue weighted by atomic mass is 10.0. The summed E-state index contributed by atoms with van der Waals surface area (Å²) in [6.45, 7) is 0. The number of benzene rings is 1. The number of ether oxygens (including phenoxy) is 1. The highest BCUT2D eigenvalue weighted by molar-refractivity contribution is 7.90. The molecule has 4 nitrogen and oxygen atoms in total. The maximum Gasteiger partial charge on any atom is 0.147 e. The van der Waals surface area contributed by atoms with E-state index < -0.39 is 21.8 Å². The van der Waals surface area contributed by atoms with Gasteiger partial charge in [0, 0.05) is 12.0 Å². The van der Waals surface area contributed by atoms with Crippen molar-refractivity contribution in [1.82, 2.24) is 0 Å². The third kappa shape index (κ3) is 4.27. The maximum absolute atomic E-state index is 13.6. The van der Waals surface area contributed by atoms with Gasteiger partial charge in [0.1, 0.15) is 21.4 Å². The van der Waals surface area contributed by atoms with Crippen molar-refractivity contribution >= 4 is 9.84 Å². The van der Waals surface area contributed by atoms with Crippen LogP contribution in [0.1, 0.15) is 24.5 Å². The number of hydrogen-bond donors (Lipinski definition) is 1. The molecule has 6 heteroatoms. The summed E-state index contributed by atoms with van der Waals surface area (Å²) in [5.74, 6) is -0.316. The number of halogens is 1. The summed E-state index contributed by atoms with van der Waals surface area (Å²) in [6.07, 6.45) is 0.508. The first-order chi connectivity index (χ1) is 8.35. The van der Waals surface area contributed by atoms with Crippen molar-refractivity contribution < 1.29 is 22.7 Å². The fourth-order valence-corrected chi connectivity index (χ4v) is 2.39. The molecule has 0 fully saturated rings. The number of aliphatic hydroxyl groups is 1. The Kier molecular flexibility index (Phi) is 5.10. The van der Waals surface area contributed by atoms with Crippen molar-refractivity contribution in [1.29, 1.82) is 0 Å². The summed E-state index contributed by atoms with van der Waals surface area (Å²) in [7, 11) is -1.67. The largest absolute Gasteiger partial charge is 0.496 e. The molecule has 1 unspecified atom stereocenters. The second kappa shape index (κ2) is 6.15. The first-order valence-corrected chi connectivity index (χ1v) is 7.59. The Morgan fingerprint density at radius 1 is 1.44 bits per heavy atom. The lowest BCUT2D eigenvalue weighted by Crippen LogP contribution is -2.08. The zero-order valence-electron chi connectivity index (χ0n) is 10.4. The average Bonchev–Trinajstić information content (AvgIpc) is 2.26. The number of aliphatic hydroxyl groups excluding tert-OH is 1. The Labute approximate surface area is 106 Å². The fourth-order valence-electron chi connectivity index (χ4n) is 1.70. The first-order valence-electron chi connectivity index (χ1n) is 5.53. The Morgan fingerprint density at radius 3 is 2.67 bits per heavy atom. The van der Waals surface area contributed by atoms with E-state index in [9.17, 15) is 17.9 Å². The molecule has 18 heavy (non-hydrogen) atoms. The predicted octanol–water partition coefficient (Wildman–Crippen LogP) is 1.69. The molecule has 1 aromatic carbocycles. The molecule has 1 rings (SSSR count). The van der Waals surface area contributed by atoms with Crippen LogP contribution in [0.2, 0.25) is 0 Å². The van der Waals surface area contributed by atoms with Gasteiger partial charge in [0.15, 0.2) is 0 Å². The Bertz CT molecular complexity index is 499. The van der Waals surface area contributed by atoms with Gasteiger partial charge in [0.25, 0.3) is 0 Å². The van der Waals surface area contributed by atoms with Gasteiger partial charge in [-0.1, -0.05) is 6.07 Å². The van der Waals surface area contributed by atoms with Gasteiger partial charge >= 0.3 is 0 Å². The van der Waals surface area contributed by atoms with Crippen LogP contribution in [0.15, 0.2) is 18.2 Å². The van der Waals surface area contributed by atoms with Gasteiger partial charge in [0.05, 0.1) is 18.8 Å². The number of sulfone groups is 1. The van der Waals surface area contributed by atoms with E-state index in [1.54, 1.807) is 6.07 Å². The monoisotopic (exact) mass is 276 g/mol. The molecule has 0 aromatic heterocycles. The van der Waals surface area contributed by atoms with E-state index in [2.05, 4.69) is 0 Å². The van der Waals surface area contributed by atoms with Gasteiger partial charge in [-0.3, -0.25) is 0 Å². The third-order valence-corrected chi connectivity index (χ3v) is 3.59. The first kappa shape index (κ1) is 14.9. The average molecular weight is 276 g/mol. The molecule has 0 radical (unpaired) electrons. The normalized spacial score (nSPS) is 13.3. The SMILES string of the molecule is COc1cccc(F)c1C(O)CCCS(C)(=O)=O. The van der Waals surface area contributed by atoms with Crippen LogP contribution in [0.3, 0.4) is 0 Å². The Balaban J connectivity index is 2.75. The zero-order valence-corrected chi connectivity index (χ0v) is 11.2. The molecule has 0 aliphatic carbocycles. The molecule has 0 bridgehead atoms. The third-order valence-electron chi connectivity index (χ3n) is 2.56. The van der Waals surface area contributed by atoms with Gasteiger partial charge in [-0.25, -0.2) is 12.8 Å². The molecule has 0 aliphatic rings. The second-order valence-electron chi connectivity index (χ2n) is 4.14. The minimum Gasteiger partial charge on any atom is -0.496 e. The lowest BCUT2D eigenvalue weighted by molar-refractivity contribution is 0.157. The summed E-state index contributed by atoms with van der Waals surface area (Å²) >= 11 is 0. The van der Waals surface area contributed by atoms with Gasteiger partial charge < -0.3 is 9.84 Å². The molecule has 0 saturated heterocycles. The number of rotatable bonds is 6. The molecule has 0 spiro atoms. The van der Waals surface area contributed by atoms with Crippen molar-refractivity contribution in [3.8, 4) is 5.75 Å². The number of hydrogen-bond acceptors (Lipinski definition) is 4. The molecule has 1 atom stereocenters. The van der Waals surface area contributed by atoms with Crippen molar-refractivity contribution in [2.24, 2.45) is 0 Å². The maximum atomic E-state index is 13.6. The van der Waals surface area contributed by atoms with E-state index in [1.165, 1.54) is 19.2 Å². The Morgan fingerprint density at radius 2 is 2.11 bits per heavy atom. The highest BCUT2D eigenvalue weighted by atomic mass is 32.2. The quantitative estimate of drug-likeness (QED) is 0.859.